The maximum Gasteiger partial charge on any atom is 0.345 e. The van der Waals surface area contributed by atoms with Crippen LogP contribution in [0.2, 0.25) is 0 Å². The van der Waals surface area contributed by atoms with E-state index in [0.717, 1.165) is 18.5 Å². The number of ether oxygens (including phenoxy) is 2. The number of para-hydroxylation sites is 1. The molecule has 0 saturated heterocycles. The zero-order valence-corrected chi connectivity index (χ0v) is 13.7. The van der Waals surface area contributed by atoms with Crippen molar-refractivity contribution in [1.82, 2.24) is 10.3 Å². The largest absolute Gasteiger partial charge is 0.465 e. The predicted octanol–water partition coefficient (Wildman–Crippen LogP) is 2.09. The third kappa shape index (κ3) is 4.25. The smallest absolute Gasteiger partial charge is 0.345 e. The lowest BCUT2D eigenvalue weighted by molar-refractivity contribution is -0.144. The van der Waals surface area contributed by atoms with E-state index in [1.165, 1.54) is 31.2 Å². The summed E-state index contributed by atoms with van der Waals surface area (Å²) in [5.74, 6) is -1.46. The van der Waals surface area contributed by atoms with Crippen LogP contribution in [0, 0.1) is 0 Å². The van der Waals surface area contributed by atoms with Crippen molar-refractivity contribution in [1.29, 1.82) is 0 Å². The van der Waals surface area contributed by atoms with Gasteiger partial charge in [0.05, 0.1) is 14.2 Å². The summed E-state index contributed by atoms with van der Waals surface area (Å²) in [6.45, 7) is 0.720. The molecular formula is C18H20N2O4. The number of H-pyrrole nitrogens is 1. The highest BCUT2D eigenvalue weighted by Crippen LogP contribution is 2.17. The van der Waals surface area contributed by atoms with Crippen molar-refractivity contribution < 1.29 is 19.1 Å². The van der Waals surface area contributed by atoms with Gasteiger partial charge in [0, 0.05) is 23.6 Å². The molecule has 1 aromatic carbocycles. The monoisotopic (exact) mass is 328 g/mol. The Morgan fingerprint density at radius 3 is 2.58 bits per heavy atom. The van der Waals surface area contributed by atoms with Crippen LogP contribution in [0.15, 0.2) is 54.4 Å². The highest BCUT2D eigenvalue weighted by atomic mass is 16.5. The molecule has 0 spiro atoms. The van der Waals surface area contributed by atoms with E-state index in [-0.39, 0.29) is 5.57 Å². The van der Waals surface area contributed by atoms with Crippen LogP contribution in [0.3, 0.4) is 0 Å². The molecule has 0 bridgehead atoms. The Morgan fingerprint density at radius 2 is 1.88 bits per heavy atom. The number of allylic oxidation sites excluding steroid dienone is 2. The van der Waals surface area contributed by atoms with Crippen molar-refractivity contribution in [2.75, 3.05) is 20.8 Å². The lowest BCUT2D eigenvalue weighted by atomic mass is 10.1. The second-order valence-electron chi connectivity index (χ2n) is 4.99. The van der Waals surface area contributed by atoms with Crippen LogP contribution in [0.1, 0.15) is 5.56 Å². The number of nitrogens with one attached hydrogen (secondary N) is 2. The standard InChI is InChI=1S/C18H20N2O4/c1-23-17(21)15(18(22)24-2)7-5-10-19-11-9-13-12-20-16-8-4-3-6-14(13)16/h3-8,10,12,19-20H,9,11H2,1-2H3/b10-5-. The molecule has 6 heteroatoms. The fourth-order valence-electron chi connectivity index (χ4n) is 2.28. The molecule has 2 rings (SSSR count). The van der Waals surface area contributed by atoms with Gasteiger partial charge in [0.15, 0.2) is 0 Å². The third-order valence-electron chi connectivity index (χ3n) is 3.50. The van der Waals surface area contributed by atoms with Crippen molar-refractivity contribution in [3.8, 4) is 0 Å². The van der Waals surface area contributed by atoms with E-state index in [9.17, 15) is 9.59 Å². The highest BCUT2D eigenvalue weighted by molar-refractivity contribution is 6.14. The topological polar surface area (TPSA) is 80.4 Å². The first-order valence-electron chi connectivity index (χ1n) is 7.49. The molecule has 0 aliphatic heterocycles. The third-order valence-corrected chi connectivity index (χ3v) is 3.50. The van der Waals surface area contributed by atoms with E-state index in [2.05, 4.69) is 25.8 Å². The number of aromatic nitrogens is 1. The van der Waals surface area contributed by atoms with Crippen molar-refractivity contribution in [3.05, 3.63) is 60.0 Å². The Hall–Kier alpha value is -3.02. The molecular weight excluding hydrogens is 308 g/mol. The summed E-state index contributed by atoms with van der Waals surface area (Å²) in [6.07, 6.45) is 7.44. The summed E-state index contributed by atoms with van der Waals surface area (Å²) in [4.78, 5) is 26.2. The van der Waals surface area contributed by atoms with Gasteiger partial charge in [0.25, 0.3) is 0 Å². The van der Waals surface area contributed by atoms with Crippen molar-refractivity contribution >= 4 is 22.8 Å². The van der Waals surface area contributed by atoms with Crippen LogP contribution in [0.4, 0.5) is 0 Å². The summed E-state index contributed by atoms with van der Waals surface area (Å²) in [5.41, 5.74) is 2.19. The minimum Gasteiger partial charge on any atom is -0.465 e. The summed E-state index contributed by atoms with van der Waals surface area (Å²) in [6, 6.07) is 8.13. The minimum absolute atomic E-state index is 0.158. The minimum atomic E-state index is -0.731. The van der Waals surface area contributed by atoms with Gasteiger partial charge in [-0.3, -0.25) is 0 Å². The zero-order valence-electron chi connectivity index (χ0n) is 13.7. The average Bonchev–Trinajstić information content (AvgIpc) is 3.03. The Balaban J connectivity index is 1.88. The van der Waals surface area contributed by atoms with Gasteiger partial charge in [-0.1, -0.05) is 18.2 Å². The number of carbonyl (C=O) groups excluding carboxylic acids is 2. The first-order valence-corrected chi connectivity index (χ1v) is 7.49. The summed E-state index contributed by atoms with van der Waals surface area (Å²) in [7, 11) is 2.42. The molecule has 0 unspecified atom stereocenters. The summed E-state index contributed by atoms with van der Waals surface area (Å²) in [5, 5.41) is 4.32. The van der Waals surface area contributed by atoms with Gasteiger partial charge in [0.2, 0.25) is 0 Å². The van der Waals surface area contributed by atoms with E-state index >= 15 is 0 Å². The molecule has 0 radical (unpaired) electrons. The van der Waals surface area contributed by atoms with E-state index in [0.29, 0.717) is 0 Å². The molecule has 1 aromatic heterocycles. The molecule has 24 heavy (non-hydrogen) atoms. The van der Waals surface area contributed by atoms with E-state index in [4.69, 9.17) is 0 Å². The van der Waals surface area contributed by atoms with E-state index in [1.807, 2.05) is 24.4 Å². The van der Waals surface area contributed by atoms with Gasteiger partial charge >= 0.3 is 11.9 Å². The van der Waals surface area contributed by atoms with Gasteiger partial charge in [-0.2, -0.15) is 0 Å². The van der Waals surface area contributed by atoms with Gasteiger partial charge in [-0.15, -0.1) is 0 Å². The maximum absolute atomic E-state index is 11.5. The van der Waals surface area contributed by atoms with Crippen molar-refractivity contribution in [2.45, 2.75) is 6.42 Å². The molecule has 0 aliphatic rings. The Kier molecular flexibility index (Phi) is 6.19. The SMILES string of the molecule is COC(=O)C(=C/C=C\NCCc1c[nH]c2ccccc12)C(=O)OC. The van der Waals surface area contributed by atoms with Gasteiger partial charge in [0.1, 0.15) is 5.57 Å². The fourth-order valence-corrected chi connectivity index (χ4v) is 2.28. The number of rotatable bonds is 7. The molecule has 6 nitrogen and oxygen atoms in total. The number of hydrogen-bond donors (Lipinski definition) is 2. The highest BCUT2D eigenvalue weighted by Gasteiger charge is 2.18. The number of benzene rings is 1. The first-order chi connectivity index (χ1) is 11.7. The Labute approximate surface area is 140 Å². The number of aromatic amines is 1. The number of methoxy groups -OCH3 is 2. The maximum atomic E-state index is 11.5. The number of esters is 2. The second kappa shape index (κ2) is 8.57. The number of hydrogen-bond acceptors (Lipinski definition) is 5. The first kappa shape index (κ1) is 17.3. The van der Waals surface area contributed by atoms with Crippen LogP contribution in [-0.4, -0.2) is 37.7 Å². The molecule has 0 aliphatic carbocycles. The normalized spacial score (nSPS) is 10.6. The van der Waals surface area contributed by atoms with Crippen LogP contribution < -0.4 is 5.32 Å². The lowest BCUT2D eigenvalue weighted by Crippen LogP contribution is -2.15. The van der Waals surface area contributed by atoms with Crippen LogP contribution in [0.25, 0.3) is 10.9 Å². The molecule has 1 heterocycles. The molecule has 2 N–H and O–H groups in total. The molecule has 0 saturated carbocycles. The van der Waals surface area contributed by atoms with Gasteiger partial charge in [-0.05, 0) is 36.4 Å². The van der Waals surface area contributed by atoms with Gasteiger partial charge < -0.3 is 19.8 Å². The van der Waals surface area contributed by atoms with Crippen molar-refractivity contribution in [2.24, 2.45) is 0 Å². The second-order valence-corrected chi connectivity index (χ2v) is 4.99. The number of carbonyl (C=O) groups is 2. The predicted molar refractivity (Wildman–Crippen MR) is 91.3 cm³/mol. The molecule has 0 atom stereocenters. The average molecular weight is 328 g/mol. The summed E-state index contributed by atoms with van der Waals surface area (Å²) >= 11 is 0. The zero-order chi connectivity index (χ0) is 17.4. The van der Waals surface area contributed by atoms with E-state index in [1.54, 1.807) is 12.3 Å². The van der Waals surface area contributed by atoms with Crippen LogP contribution in [-0.2, 0) is 25.5 Å². The summed E-state index contributed by atoms with van der Waals surface area (Å²) < 4.78 is 9.08. The molecule has 0 amide bonds. The van der Waals surface area contributed by atoms with Gasteiger partial charge in [-0.25, -0.2) is 9.59 Å². The number of fused-ring (bicyclic) bond motifs is 1. The molecule has 126 valence electrons. The Morgan fingerprint density at radius 1 is 1.17 bits per heavy atom. The fraction of sp³-hybridized carbons (Fsp3) is 0.222. The van der Waals surface area contributed by atoms with Crippen LogP contribution in [0.5, 0.6) is 0 Å². The lowest BCUT2D eigenvalue weighted by Gasteiger charge is -2.02. The van der Waals surface area contributed by atoms with E-state index < -0.39 is 11.9 Å². The Bertz CT molecular complexity index is 756. The van der Waals surface area contributed by atoms with Crippen molar-refractivity contribution in [3.63, 3.8) is 0 Å². The molecule has 2 aromatic rings. The quantitative estimate of drug-likeness (QED) is 0.203. The molecule has 0 fully saturated rings. The van der Waals surface area contributed by atoms with Crippen LogP contribution >= 0.6 is 0 Å².